The fraction of sp³-hybridized carbons (Fsp3) is 0.133. The number of rotatable bonds is 4. The zero-order valence-electron chi connectivity index (χ0n) is 11.1. The number of thiophene rings is 1. The van der Waals surface area contributed by atoms with Crippen molar-refractivity contribution in [3.05, 3.63) is 57.5 Å². The van der Waals surface area contributed by atoms with Crippen LogP contribution in [0.1, 0.15) is 11.4 Å². The summed E-state index contributed by atoms with van der Waals surface area (Å²) in [6.07, 6.45) is 0.407. The predicted octanol–water partition coefficient (Wildman–Crippen LogP) is 2.66. The highest BCUT2D eigenvalue weighted by Crippen LogP contribution is 2.14. The Morgan fingerprint density at radius 1 is 1.29 bits per heavy atom. The molecule has 104 valence electrons. The normalized spacial score (nSPS) is 10.4. The van der Waals surface area contributed by atoms with E-state index >= 15 is 0 Å². The highest BCUT2D eigenvalue weighted by atomic mass is 32.1. The highest BCUT2D eigenvalue weighted by Gasteiger charge is 2.04. The molecule has 0 amide bonds. The van der Waals surface area contributed by atoms with E-state index in [-0.39, 0.29) is 5.56 Å². The first kappa shape index (κ1) is 13.3. The third-order valence-electron chi connectivity index (χ3n) is 3.06. The molecule has 6 heteroatoms. The summed E-state index contributed by atoms with van der Waals surface area (Å²) in [6.45, 7) is 0.443. The van der Waals surface area contributed by atoms with Gasteiger partial charge in [0.2, 0.25) is 0 Å². The standard InChI is InChI=1S/C15H12N4OS/c16-7-5-10-1-3-11(4-2-10)17-9-13-18-12-6-8-21-14(12)15(20)19-13/h1-4,6,8,17H,5,9H2,(H,18,19,20). The van der Waals surface area contributed by atoms with Crippen LogP contribution in [0.5, 0.6) is 0 Å². The number of hydrogen-bond donors (Lipinski definition) is 2. The Morgan fingerprint density at radius 2 is 2.10 bits per heavy atom. The van der Waals surface area contributed by atoms with Crippen LogP contribution in [0.2, 0.25) is 0 Å². The van der Waals surface area contributed by atoms with E-state index in [0.29, 0.717) is 23.5 Å². The molecule has 0 aliphatic heterocycles. The Morgan fingerprint density at radius 3 is 2.86 bits per heavy atom. The van der Waals surface area contributed by atoms with E-state index in [1.807, 2.05) is 35.7 Å². The summed E-state index contributed by atoms with van der Waals surface area (Å²) >= 11 is 1.39. The Labute approximate surface area is 124 Å². The molecule has 1 aromatic carbocycles. The molecule has 0 unspecified atom stereocenters. The molecule has 3 rings (SSSR count). The molecule has 2 heterocycles. The van der Waals surface area contributed by atoms with Crippen LogP contribution in [0.4, 0.5) is 5.69 Å². The summed E-state index contributed by atoms with van der Waals surface area (Å²) in [5.74, 6) is 0.604. The molecule has 2 aromatic heterocycles. The molecule has 0 bridgehead atoms. The molecule has 0 fully saturated rings. The average Bonchev–Trinajstić information content (AvgIpc) is 2.96. The zero-order valence-corrected chi connectivity index (χ0v) is 11.9. The lowest BCUT2D eigenvalue weighted by Gasteiger charge is -2.06. The summed E-state index contributed by atoms with van der Waals surface area (Å²) in [5, 5.41) is 13.7. The molecule has 21 heavy (non-hydrogen) atoms. The van der Waals surface area contributed by atoms with E-state index in [1.54, 1.807) is 0 Å². The molecular weight excluding hydrogens is 284 g/mol. The van der Waals surface area contributed by atoms with Crippen LogP contribution in [0.15, 0.2) is 40.5 Å². The fourth-order valence-electron chi connectivity index (χ4n) is 2.02. The van der Waals surface area contributed by atoms with Crippen molar-refractivity contribution >= 4 is 27.2 Å². The first-order valence-electron chi connectivity index (χ1n) is 6.42. The molecular formula is C15H12N4OS. The van der Waals surface area contributed by atoms with Crippen LogP contribution in [0, 0.1) is 11.3 Å². The van der Waals surface area contributed by atoms with Gasteiger partial charge in [-0.05, 0) is 29.1 Å². The average molecular weight is 296 g/mol. The largest absolute Gasteiger partial charge is 0.378 e. The third kappa shape index (κ3) is 2.93. The Balaban J connectivity index is 1.74. The van der Waals surface area contributed by atoms with Crippen molar-refractivity contribution in [1.82, 2.24) is 9.97 Å². The van der Waals surface area contributed by atoms with E-state index in [0.717, 1.165) is 16.8 Å². The van der Waals surface area contributed by atoms with Crippen LogP contribution < -0.4 is 10.9 Å². The van der Waals surface area contributed by atoms with Gasteiger partial charge in [-0.1, -0.05) is 12.1 Å². The van der Waals surface area contributed by atoms with E-state index < -0.39 is 0 Å². The van der Waals surface area contributed by atoms with Gasteiger partial charge in [0.1, 0.15) is 10.5 Å². The van der Waals surface area contributed by atoms with Crippen molar-refractivity contribution in [2.24, 2.45) is 0 Å². The monoisotopic (exact) mass is 296 g/mol. The summed E-state index contributed by atoms with van der Waals surface area (Å²) in [5.41, 5.74) is 2.53. The minimum atomic E-state index is -0.101. The van der Waals surface area contributed by atoms with Crippen molar-refractivity contribution in [2.45, 2.75) is 13.0 Å². The zero-order chi connectivity index (χ0) is 14.7. The van der Waals surface area contributed by atoms with Crippen molar-refractivity contribution < 1.29 is 0 Å². The lowest BCUT2D eigenvalue weighted by atomic mass is 10.1. The Bertz CT molecular complexity index is 858. The van der Waals surface area contributed by atoms with Crippen LogP contribution in [-0.4, -0.2) is 9.97 Å². The van der Waals surface area contributed by atoms with Crippen molar-refractivity contribution in [2.75, 3.05) is 5.32 Å². The number of aromatic amines is 1. The van der Waals surface area contributed by atoms with Crippen LogP contribution in [-0.2, 0) is 13.0 Å². The number of H-pyrrole nitrogens is 1. The highest BCUT2D eigenvalue weighted by molar-refractivity contribution is 7.17. The number of nitrogens with zero attached hydrogens (tertiary/aromatic N) is 2. The Hall–Kier alpha value is -2.65. The fourth-order valence-corrected chi connectivity index (χ4v) is 2.75. The van der Waals surface area contributed by atoms with Gasteiger partial charge in [0.05, 0.1) is 24.6 Å². The third-order valence-corrected chi connectivity index (χ3v) is 3.96. The maximum Gasteiger partial charge on any atom is 0.268 e. The maximum atomic E-state index is 11.8. The second-order valence-electron chi connectivity index (χ2n) is 4.53. The number of nitriles is 1. The summed E-state index contributed by atoms with van der Waals surface area (Å²) in [4.78, 5) is 19.0. The summed E-state index contributed by atoms with van der Waals surface area (Å²) < 4.78 is 0.652. The van der Waals surface area contributed by atoms with Crippen LogP contribution in [0.25, 0.3) is 10.2 Å². The van der Waals surface area contributed by atoms with E-state index in [1.165, 1.54) is 11.3 Å². The molecule has 3 aromatic rings. The molecule has 5 nitrogen and oxygen atoms in total. The lowest BCUT2D eigenvalue weighted by Crippen LogP contribution is -2.13. The van der Waals surface area contributed by atoms with Gasteiger partial charge in [-0.3, -0.25) is 4.79 Å². The van der Waals surface area contributed by atoms with Gasteiger partial charge in [0, 0.05) is 5.69 Å². The van der Waals surface area contributed by atoms with Gasteiger partial charge in [-0.2, -0.15) is 5.26 Å². The minimum absolute atomic E-state index is 0.101. The van der Waals surface area contributed by atoms with E-state index in [4.69, 9.17) is 5.26 Å². The number of anilines is 1. The first-order chi connectivity index (χ1) is 10.3. The van der Waals surface area contributed by atoms with Gasteiger partial charge in [0.25, 0.3) is 5.56 Å². The smallest absolute Gasteiger partial charge is 0.268 e. The van der Waals surface area contributed by atoms with Gasteiger partial charge in [-0.25, -0.2) is 4.98 Å². The molecule has 0 radical (unpaired) electrons. The molecule has 0 atom stereocenters. The van der Waals surface area contributed by atoms with Gasteiger partial charge in [-0.15, -0.1) is 11.3 Å². The lowest BCUT2D eigenvalue weighted by molar-refractivity contribution is 0.955. The van der Waals surface area contributed by atoms with E-state index in [2.05, 4.69) is 21.4 Å². The van der Waals surface area contributed by atoms with Crippen molar-refractivity contribution in [1.29, 1.82) is 5.26 Å². The molecule has 2 N–H and O–H groups in total. The number of fused-ring (bicyclic) bond motifs is 1. The van der Waals surface area contributed by atoms with Gasteiger partial charge < -0.3 is 10.3 Å². The predicted molar refractivity (Wildman–Crippen MR) is 83.3 cm³/mol. The molecule has 0 spiro atoms. The minimum Gasteiger partial charge on any atom is -0.378 e. The number of aromatic nitrogens is 2. The topological polar surface area (TPSA) is 81.6 Å². The maximum absolute atomic E-state index is 11.8. The van der Waals surface area contributed by atoms with Crippen molar-refractivity contribution in [3.8, 4) is 6.07 Å². The first-order valence-corrected chi connectivity index (χ1v) is 7.30. The second-order valence-corrected chi connectivity index (χ2v) is 5.45. The SMILES string of the molecule is N#CCc1ccc(NCc2nc3ccsc3c(=O)[nH]2)cc1. The second kappa shape index (κ2) is 5.77. The molecule has 0 saturated heterocycles. The van der Waals surface area contributed by atoms with Crippen LogP contribution >= 0.6 is 11.3 Å². The number of benzene rings is 1. The van der Waals surface area contributed by atoms with Gasteiger partial charge >= 0.3 is 0 Å². The van der Waals surface area contributed by atoms with Crippen molar-refractivity contribution in [3.63, 3.8) is 0 Å². The quantitative estimate of drug-likeness (QED) is 0.775. The summed E-state index contributed by atoms with van der Waals surface area (Å²) in [6, 6.07) is 11.6. The summed E-state index contributed by atoms with van der Waals surface area (Å²) in [7, 11) is 0. The van der Waals surface area contributed by atoms with Crippen LogP contribution in [0.3, 0.4) is 0 Å². The molecule has 0 aliphatic rings. The number of nitrogens with one attached hydrogen (secondary N) is 2. The van der Waals surface area contributed by atoms with Gasteiger partial charge in [0.15, 0.2) is 0 Å². The molecule has 0 aliphatic carbocycles. The molecule has 0 saturated carbocycles. The Kier molecular flexibility index (Phi) is 3.67. The number of hydrogen-bond acceptors (Lipinski definition) is 5. The van der Waals surface area contributed by atoms with E-state index in [9.17, 15) is 4.79 Å².